The lowest BCUT2D eigenvalue weighted by Gasteiger charge is -2.20. The Morgan fingerprint density at radius 3 is 2.33 bits per heavy atom. The molecule has 0 aliphatic rings. The quantitative estimate of drug-likeness (QED) is 0.624. The average Bonchev–Trinajstić information content (AvgIpc) is 2.78. The van der Waals surface area contributed by atoms with Crippen molar-refractivity contribution in [3.05, 3.63) is 89.7 Å². The third-order valence-corrected chi connectivity index (χ3v) is 6.36. The second-order valence-corrected chi connectivity index (χ2v) is 8.48. The molecule has 6 nitrogen and oxygen atoms in total. The maximum absolute atomic E-state index is 13.0. The predicted octanol–water partition coefficient (Wildman–Crippen LogP) is 3.59. The first-order valence-electron chi connectivity index (χ1n) is 9.07. The summed E-state index contributed by atoms with van der Waals surface area (Å²) in [4.78, 5) is 12.6. The van der Waals surface area contributed by atoms with Crippen LogP contribution in [0.25, 0.3) is 0 Å². The molecule has 1 amide bonds. The molecule has 0 fully saturated rings. The topological polar surface area (TPSA) is 75.7 Å². The van der Waals surface area contributed by atoms with Crippen molar-refractivity contribution < 1.29 is 22.3 Å². The molecule has 0 spiro atoms. The number of ether oxygens (including phenoxy) is 1. The van der Waals surface area contributed by atoms with Gasteiger partial charge in [-0.25, -0.2) is 12.8 Å². The van der Waals surface area contributed by atoms with Crippen molar-refractivity contribution >= 4 is 21.6 Å². The molecular formula is C22H21FN2O4S. The zero-order valence-corrected chi connectivity index (χ0v) is 17.3. The third kappa shape index (κ3) is 4.77. The summed E-state index contributed by atoms with van der Waals surface area (Å²) in [5.41, 5.74) is 1.41. The number of amides is 1. The fourth-order valence-electron chi connectivity index (χ4n) is 2.77. The minimum absolute atomic E-state index is 0.108. The SMILES string of the molecule is COc1ccc(S(=O)(=O)N(C)c2cccc(C(=O)NCc3ccc(F)cc3)c2)cc1. The van der Waals surface area contributed by atoms with Crippen molar-refractivity contribution in [2.75, 3.05) is 18.5 Å². The molecular weight excluding hydrogens is 407 g/mol. The lowest BCUT2D eigenvalue weighted by atomic mass is 10.1. The van der Waals surface area contributed by atoms with E-state index >= 15 is 0 Å². The molecule has 0 aliphatic carbocycles. The zero-order chi connectivity index (χ0) is 21.7. The van der Waals surface area contributed by atoms with Gasteiger partial charge in [0.05, 0.1) is 17.7 Å². The van der Waals surface area contributed by atoms with E-state index in [1.807, 2.05) is 0 Å². The molecule has 0 saturated carbocycles. The van der Waals surface area contributed by atoms with Crippen molar-refractivity contribution in [3.63, 3.8) is 0 Å². The molecule has 0 bridgehead atoms. The molecule has 0 saturated heterocycles. The van der Waals surface area contributed by atoms with E-state index in [4.69, 9.17) is 4.74 Å². The van der Waals surface area contributed by atoms with E-state index in [-0.39, 0.29) is 23.2 Å². The lowest BCUT2D eigenvalue weighted by Crippen LogP contribution is -2.27. The van der Waals surface area contributed by atoms with Gasteiger partial charge in [0.15, 0.2) is 0 Å². The number of carbonyl (C=O) groups excluding carboxylic acids is 1. The largest absolute Gasteiger partial charge is 0.497 e. The highest BCUT2D eigenvalue weighted by Crippen LogP contribution is 2.24. The van der Waals surface area contributed by atoms with Crippen LogP contribution in [0.5, 0.6) is 5.75 Å². The van der Waals surface area contributed by atoms with Crippen LogP contribution in [0.1, 0.15) is 15.9 Å². The van der Waals surface area contributed by atoms with Crippen LogP contribution >= 0.6 is 0 Å². The van der Waals surface area contributed by atoms with Gasteiger partial charge in [0.2, 0.25) is 0 Å². The van der Waals surface area contributed by atoms with Crippen LogP contribution < -0.4 is 14.4 Å². The fourth-order valence-corrected chi connectivity index (χ4v) is 3.96. The van der Waals surface area contributed by atoms with E-state index < -0.39 is 10.0 Å². The smallest absolute Gasteiger partial charge is 0.264 e. The highest BCUT2D eigenvalue weighted by Gasteiger charge is 2.22. The highest BCUT2D eigenvalue weighted by molar-refractivity contribution is 7.92. The number of nitrogens with one attached hydrogen (secondary N) is 1. The number of anilines is 1. The Balaban J connectivity index is 1.76. The van der Waals surface area contributed by atoms with Crippen LogP contribution in [-0.4, -0.2) is 28.5 Å². The summed E-state index contributed by atoms with van der Waals surface area (Å²) in [7, 11) is -0.880. The Morgan fingerprint density at radius 1 is 1.03 bits per heavy atom. The Labute approximate surface area is 175 Å². The minimum Gasteiger partial charge on any atom is -0.497 e. The maximum atomic E-state index is 13.0. The van der Waals surface area contributed by atoms with Crippen LogP contribution in [0.2, 0.25) is 0 Å². The summed E-state index contributed by atoms with van der Waals surface area (Å²) in [5, 5.41) is 2.74. The Bertz CT molecular complexity index is 1130. The number of methoxy groups -OCH3 is 1. The van der Waals surface area contributed by atoms with Crippen molar-refractivity contribution in [2.45, 2.75) is 11.4 Å². The van der Waals surface area contributed by atoms with Crippen molar-refractivity contribution in [3.8, 4) is 5.75 Å². The first kappa shape index (κ1) is 21.3. The molecule has 3 rings (SSSR count). The Kier molecular flexibility index (Phi) is 6.37. The number of hydrogen-bond donors (Lipinski definition) is 1. The summed E-state index contributed by atoms with van der Waals surface area (Å²) in [6.07, 6.45) is 0. The first-order valence-corrected chi connectivity index (χ1v) is 10.5. The van der Waals surface area contributed by atoms with Crippen molar-refractivity contribution in [1.29, 1.82) is 0 Å². The summed E-state index contributed by atoms with van der Waals surface area (Å²) in [5.74, 6) is -0.160. The van der Waals surface area contributed by atoms with E-state index in [1.54, 1.807) is 42.5 Å². The van der Waals surface area contributed by atoms with Gasteiger partial charge in [0.25, 0.3) is 15.9 Å². The summed E-state index contributed by atoms with van der Waals surface area (Å²) >= 11 is 0. The molecule has 3 aromatic rings. The van der Waals surface area contributed by atoms with Gasteiger partial charge in [-0.15, -0.1) is 0 Å². The maximum Gasteiger partial charge on any atom is 0.264 e. The number of benzene rings is 3. The van der Waals surface area contributed by atoms with Crippen molar-refractivity contribution in [1.82, 2.24) is 5.32 Å². The molecule has 0 aromatic heterocycles. The molecule has 30 heavy (non-hydrogen) atoms. The molecule has 0 aliphatic heterocycles. The van der Waals surface area contributed by atoms with E-state index in [0.717, 1.165) is 9.87 Å². The van der Waals surface area contributed by atoms with E-state index in [2.05, 4.69) is 5.32 Å². The van der Waals surface area contributed by atoms with Crippen LogP contribution in [0.3, 0.4) is 0 Å². The number of nitrogens with zero attached hydrogens (tertiary/aromatic N) is 1. The first-order chi connectivity index (χ1) is 14.3. The highest BCUT2D eigenvalue weighted by atomic mass is 32.2. The Morgan fingerprint density at radius 2 is 1.70 bits per heavy atom. The third-order valence-electron chi connectivity index (χ3n) is 4.56. The van der Waals surface area contributed by atoms with Crippen molar-refractivity contribution in [2.24, 2.45) is 0 Å². The van der Waals surface area contributed by atoms with Gasteiger partial charge in [-0.05, 0) is 60.2 Å². The number of rotatable bonds is 7. The van der Waals surface area contributed by atoms with Crippen LogP contribution in [0.15, 0.2) is 77.7 Å². The van der Waals surface area contributed by atoms with E-state index in [9.17, 15) is 17.6 Å². The van der Waals surface area contributed by atoms with E-state index in [1.165, 1.54) is 44.5 Å². The molecule has 156 valence electrons. The Hall–Kier alpha value is -3.39. The molecule has 0 heterocycles. The van der Waals surface area contributed by atoms with Gasteiger partial charge >= 0.3 is 0 Å². The summed E-state index contributed by atoms with van der Waals surface area (Å²) in [6, 6.07) is 18.2. The second-order valence-electron chi connectivity index (χ2n) is 6.51. The van der Waals surface area contributed by atoms with Gasteiger partial charge in [0.1, 0.15) is 11.6 Å². The second kappa shape index (κ2) is 8.96. The minimum atomic E-state index is -3.81. The molecule has 3 aromatic carbocycles. The number of hydrogen-bond acceptors (Lipinski definition) is 4. The van der Waals surface area contributed by atoms with Crippen LogP contribution in [0, 0.1) is 5.82 Å². The summed E-state index contributed by atoms with van der Waals surface area (Å²) in [6.45, 7) is 0.226. The molecule has 8 heteroatoms. The van der Waals surface area contributed by atoms with E-state index in [0.29, 0.717) is 17.0 Å². The monoisotopic (exact) mass is 428 g/mol. The zero-order valence-electron chi connectivity index (χ0n) is 16.5. The van der Waals surface area contributed by atoms with Gasteiger partial charge in [-0.3, -0.25) is 9.10 Å². The van der Waals surface area contributed by atoms with Gasteiger partial charge < -0.3 is 10.1 Å². The molecule has 1 N–H and O–H groups in total. The van der Waals surface area contributed by atoms with Crippen LogP contribution in [0.4, 0.5) is 10.1 Å². The number of sulfonamides is 1. The number of halogens is 1. The normalized spacial score (nSPS) is 11.0. The standard InChI is InChI=1S/C22H21FN2O4S/c1-25(30(27,28)21-12-10-20(29-2)11-13-21)19-5-3-4-17(14-19)22(26)24-15-16-6-8-18(23)9-7-16/h3-14H,15H2,1-2H3,(H,24,26). The molecule has 0 radical (unpaired) electrons. The van der Waals surface area contributed by atoms with Crippen LogP contribution in [-0.2, 0) is 16.6 Å². The van der Waals surface area contributed by atoms with Gasteiger partial charge in [-0.1, -0.05) is 18.2 Å². The fraction of sp³-hybridized carbons (Fsp3) is 0.136. The molecule has 0 unspecified atom stereocenters. The summed E-state index contributed by atoms with van der Waals surface area (Å²) < 4.78 is 45.0. The average molecular weight is 428 g/mol. The van der Waals surface area contributed by atoms with Gasteiger partial charge in [-0.2, -0.15) is 0 Å². The number of carbonyl (C=O) groups is 1. The molecule has 0 atom stereocenters. The predicted molar refractivity (Wildman–Crippen MR) is 113 cm³/mol. The van der Waals surface area contributed by atoms with Gasteiger partial charge in [0, 0.05) is 19.2 Å². The lowest BCUT2D eigenvalue weighted by molar-refractivity contribution is 0.0951.